The van der Waals surface area contributed by atoms with Gasteiger partial charge >= 0.3 is 0 Å². The Hall–Kier alpha value is -1.41. The molecule has 0 fully saturated rings. The van der Waals surface area contributed by atoms with E-state index in [1.54, 1.807) is 12.2 Å². The smallest absolute Gasteiger partial charge is 0.158 e. The summed E-state index contributed by atoms with van der Waals surface area (Å²) in [4.78, 5) is 11.6. The quantitative estimate of drug-likeness (QED) is 0.781. The Bertz CT molecular complexity index is 402. The van der Waals surface area contributed by atoms with E-state index in [9.17, 15) is 9.90 Å². The lowest BCUT2D eigenvalue weighted by atomic mass is 10.0. The second kappa shape index (κ2) is 7.12. The van der Waals surface area contributed by atoms with Crippen molar-refractivity contribution in [2.75, 3.05) is 0 Å². The number of carbonyl (C=O) groups excluding carboxylic acids is 1. The van der Waals surface area contributed by atoms with Gasteiger partial charge in [-0.15, -0.1) is 0 Å². The van der Waals surface area contributed by atoms with Crippen LogP contribution >= 0.6 is 0 Å². The van der Waals surface area contributed by atoms with E-state index >= 15 is 0 Å². The van der Waals surface area contributed by atoms with E-state index in [-0.39, 0.29) is 12.2 Å². The van der Waals surface area contributed by atoms with Gasteiger partial charge in [-0.2, -0.15) is 0 Å². The van der Waals surface area contributed by atoms with Crippen LogP contribution in [0.1, 0.15) is 37.8 Å². The predicted molar refractivity (Wildman–Crippen MR) is 75.3 cm³/mol. The van der Waals surface area contributed by atoms with Crippen LogP contribution in [-0.4, -0.2) is 17.0 Å². The number of allylic oxidation sites excluding steroid dienone is 1. The van der Waals surface area contributed by atoms with Crippen molar-refractivity contribution in [1.29, 1.82) is 0 Å². The Balaban J connectivity index is 2.46. The molecule has 0 aliphatic carbocycles. The van der Waals surface area contributed by atoms with Gasteiger partial charge in [-0.1, -0.05) is 49.8 Å². The molecule has 1 aromatic rings. The molecular weight excluding hydrogens is 224 g/mol. The highest BCUT2D eigenvalue weighted by atomic mass is 16.3. The Morgan fingerprint density at radius 1 is 1.28 bits per heavy atom. The van der Waals surface area contributed by atoms with Gasteiger partial charge in [0.05, 0.1) is 6.10 Å². The first-order valence-electron chi connectivity index (χ1n) is 6.43. The van der Waals surface area contributed by atoms with E-state index in [0.29, 0.717) is 12.3 Å². The number of aliphatic hydroxyl groups excluding tert-OH is 1. The Morgan fingerprint density at radius 2 is 1.89 bits per heavy atom. The minimum absolute atomic E-state index is 0.0243. The van der Waals surface area contributed by atoms with Gasteiger partial charge in [0, 0.05) is 6.42 Å². The first-order valence-corrected chi connectivity index (χ1v) is 6.43. The van der Waals surface area contributed by atoms with Crippen LogP contribution < -0.4 is 0 Å². The molecule has 0 aliphatic heterocycles. The van der Waals surface area contributed by atoms with Gasteiger partial charge in [-0.3, -0.25) is 4.79 Å². The summed E-state index contributed by atoms with van der Waals surface area (Å²) in [5, 5.41) is 9.67. The fraction of sp³-hybridized carbons (Fsp3) is 0.438. The molecule has 0 aromatic heterocycles. The predicted octanol–water partition coefficient (Wildman–Crippen LogP) is 3.37. The second-order valence-electron chi connectivity index (χ2n) is 5.20. The summed E-state index contributed by atoms with van der Waals surface area (Å²) in [6.45, 7) is 6.10. The van der Waals surface area contributed by atoms with Crippen molar-refractivity contribution in [1.82, 2.24) is 0 Å². The minimum Gasteiger partial charge on any atom is -0.393 e. The SMILES string of the molecule is Cc1ccc(/C=C\C(=O)CC(O)CC(C)C)cc1. The second-order valence-corrected chi connectivity index (χ2v) is 5.20. The van der Waals surface area contributed by atoms with E-state index in [1.807, 2.05) is 45.0 Å². The minimum atomic E-state index is -0.528. The Morgan fingerprint density at radius 3 is 2.44 bits per heavy atom. The lowest BCUT2D eigenvalue weighted by Crippen LogP contribution is -2.14. The third kappa shape index (κ3) is 5.78. The van der Waals surface area contributed by atoms with Crippen LogP contribution in [0.25, 0.3) is 6.08 Å². The zero-order valence-electron chi connectivity index (χ0n) is 11.4. The average Bonchev–Trinajstić information content (AvgIpc) is 2.27. The third-order valence-corrected chi connectivity index (χ3v) is 2.72. The summed E-state index contributed by atoms with van der Waals surface area (Å²) in [6, 6.07) is 7.98. The summed E-state index contributed by atoms with van der Waals surface area (Å²) < 4.78 is 0. The molecular formula is C16H22O2. The summed E-state index contributed by atoms with van der Waals surface area (Å²) in [7, 11) is 0. The molecule has 0 aliphatic rings. The summed E-state index contributed by atoms with van der Waals surface area (Å²) in [6.07, 6.45) is 3.70. The maximum atomic E-state index is 11.6. The molecule has 0 saturated carbocycles. The fourth-order valence-corrected chi connectivity index (χ4v) is 1.79. The monoisotopic (exact) mass is 246 g/mol. The van der Waals surface area contributed by atoms with Crippen LogP contribution in [-0.2, 0) is 4.79 Å². The molecule has 0 amide bonds. The van der Waals surface area contributed by atoms with Crippen LogP contribution in [0.5, 0.6) is 0 Å². The van der Waals surface area contributed by atoms with Gasteiger partial charge in [0.15, 0.2) is 5.78 Å². The van der Waals surface area contributed by atoms with Crippen molar-refractivity contribution in [3.8, 4) is 0 Å². The maximum absolute atomic E-state index is 11.6. The molecule has 18 heavy (non-hydrogen) atoms. The van der Waals surface area contributed by atoms with E-state index in [2.05, 4.69) is 0 Å². The Labute approximate surface area is 109 Å². The molecule has 1 rings (SSSR count). The summed E-state index contributed by atoms with van der Waals surface area (Å²) in [5.41, 5.74) is 2.21. The number of aryl methyl sites for hydroxylation is 1. The highest BCUT2D eigenvalue weighted by Crippen LogP contribution is 2.09. The highest BCUT2D eigenvalue weighted by Gasteiger charge is 2.10. The molecule has 1 unspecified atom stereocenters. The van der Waals surface area contributed by atoms with Crippen molar-refractivity contribution in [2.45, 2.75) is 39.7 Å². The molecule has 2 heteroatoms. The number of ketones is 1. The van der Waals surface area contributed by atoms with Crippen molar-refractivity contribution in [2.24, 2.45) is 5.92 Å². The molecule has 1 N–H and O–H groups in total. The lowest BCUT2D eigenvalue weighted by Gasteiger charge is -2.10. The molecule has 1 aromatic carbocycles. The standard InChI is InChI=1S/C16H22O2/c1-12(2)10-16(18)11-15(17)9-8-14-6-4-13(3)5-7-14/h4-9,12,16,18H,10-11H2,1-3H3/b9-8-. The van der Waals surface area contributed by atoms with Gasteiger partial charge in [0.1, 0.15) is 0 Å². The Kier molecular flexibility index (Phi) is 5.79. The summed E-state index contributed by atoms with van der Waals surface area (Å²) in [5.74, 6) is 0.387. The highest BCUT2D eigenvalue weighted by molar-refractivity contribution is 5.93. The zero-order valence-corrected chi connectivity index (χ0v) is 11.4. The number of hydrogen-bond donors (Lipinski definition) is 1. The molecule has 0 radical (unpaired) electrons. The van der Waals surface area contributed by atoms with Crippen LogP contribution in [0.15, 0.2) is 30.3 Å². The number of hydrogen-bond acceptors (Lipinski definition) is 2. The van der Waals surface area contributed by atoms with Gasteiger partial charge in [0.2, 0.25) is 0 Å². The fourth-order valence-electron chi connectivity index (χ4n) is 1.79. The zero-order chi connectivity index (χ0) is 13.5. The van der Waals surface area contributed by atoms with Crippen LogP contribution in [0, 0.1) is 12.8 Å². The van der Waals surface area contributed by atoms with E-state index in [1.165, 1.54) is 5.56 Å². The first kappa shape index (κ1) is 14.7. The normalized spacial score (nSPS) is 13.2. The van der Waals surface area contributed by atoms with Crippen molar-refractivity contribution >= 4 is 11.9 Å². The number of benzene rings is 1. The largest absolute Gasteiger partial charge is 0.393 e. The van der Waals surface area contributed by atoms with Crippen LogP contribution in [0.4, 0.5) is 0 Å². The molecule has 0 saturated heterocycles. The third-order valence-electron chi connectivity index (χ3n) is 2.72. The average molecular weight is 246 g/mol. The van der Waals surface area contributed by atoms with Gasteiger partial charge in [-0.05, 0) is 30.9 Å². The van der Waals surface area contributed by atoms with Crippen molar-refractivity contribution in [3.05, 3.63) is 41.5 Å². The molecule has 2 nitrogen and oxygen atoms in total. The number of carbonyl (C=O) groups is 1. The number of aliphatic hydroxyl groups is 1. The topological polar surface area (TPSA) is 37.3 Å². The summed E-state index contributed by atoms with van der Waals surface area (Å²) >= 11 is 0. The van der Waals surface area contributed by atoms with Crippen LogP contribution in [0.2, 0.25) is 0 Å². The van der Waals surface area contributed by atoms with Gasteiger partial charge < -0.3 is 5.11 Å². The maximum Gasteiger partial charge on any atom is 0.158 e. The van der Waals surface area contributed by atoms with E-state index < -0.39 is 6.10 Å². The van der Waals surface area contributed by atoms with E-state index in [0.717, 1.165) is 5.56 Å². The number of rotatable bonds is 6. The van der Waals surface area contributed by atoms with Gasteiger partial charge in [-0.25, -0.2) is 0 Å². The molecule has 0 spiro atoms. The lowest BCUT2D eigenvalue weighted by molar-refractivity contribution is -0.116. The van der Waals surface area contributed by atoms with Gasteiger partial charge in [0.25, 0.3) is 0 Å². The molecule has 1 atom stereocenters. The van der Waals surface area contributed by atoms with Crippen molar-refractivity contribution in [3.63, 3.8) is 0 Å². The first-order chi connectivity index (χ1) is 8.47. The van der Waals surface area contributed by atoms with E-state index in [4.69, 9.17) is 0 Å². The van der Waals surface area contributed by atoms with Crippen molar-refractivity contribution < 1.29 is 9.90 Å². The molecule has 98 valence electrons. The van der Waals surface area contributed by atoms with Crippen LogP contribution in [0.3, 0.4) is 0 Å². The molecule has 0 bridgehead atoms. The molecule has 0 heterocycles.